The van der Waals surface area contributed by atoms with E-state index in [9.17, 15) is 9.59 Å². The van der Waals surface area contributed by atoms with Gasteiger partial charge in [-0.1, -0.05) is 0 Å². The zero-order valence-corrected chi connectivity index (χ0v) is 20.2. The zero-order chi connectivity index (χ0) is 24.7. The van der Waals surface area contributed by atoms with Gasteiger partial charge in [-0.25, -0.2) is 19.6 Å². The molecule has 2 bridgehead atoms. The topological polar surface area (TPSA) is 115 Å². The van der Waals surface area contributed by atoms with Crippen molar-refractivity contribution in [3.63, 3.8) is 0 Å². The molecule has 0 aromatic carbocycles. The first-order chi connectivity index (χ1) is 16.7. The third kappa shape index (κ3) is 4.61. The van der Waals surface area contributed by atoms with E-state index in [1.807, 2.05) is 26.8 Å². The van der Waals surface area contributed by atoms with Gasteiger partial charge in [-0.3, -0.25) is 10.2 Å². The van der Waals surface area contributed by atoms with Gasteiger partial charge in [-0.05, 0) is 44.9 Å². The van der Waals surface area contributed by atoms with Gasteiger partial charge in [0.15, 0.2) is 17.3 Å². The van der Waals surface area contributed by atoms with E-state index in [1.165, 1.54) is 7.11 Å². The monoisotopic (exact) mass is 483 g/mol. The molecule has 0 spiro atoms. The largest absolute Gasteiger partial charge is 0.491 e. The number of anilines is 3. The highest BCUT2D eigenvalue weighted by atomic mass is 16.7. The van der Waals surface area contributed by atoms with Crippen LogP contribution in [0.25, 0.3) is 0 Å². The van der Waals surface area contributed by atoms with Gasteiger partial charge in [0, 0.05) is 25.4 Å². The summed E-state index contributed by atoms with van der Waals surface area (Å²) in [6, 6.07) is 4.83. The van der Waals surface area contributed by atoms with Crippen LogP contribution in [0.5, 0.6) is 5.75 Å². The fourth-order valence-electron chi connectivity index (χ4n) is 4.68. The van der Waals surface area contributed by atoms with E-state index >= 15 is 0 Å². The number of pyridine rings is 2. The maximum Gasteiger partial charge on any atom is 0.357 e. The first-order valence-electron chi connectivity index (χ1n) is 11.6. The number of aromatic nitrogens is 2. The number of amides is 2. The molecule has 2 fully saturated rings. The lowest BCUT2D eigenvalue weighted by atomic mass is 10.1. The van der Waals surface area contributed by atoms with Gasteiger partial charge in [0.05, 0.1) is 25.4 Å². The molecule has 2 atom stereocenters. The molecule has 1 N–H and O–H groups in total. The molecule has 0 aliphatic carbocycles. The molecule has 0 radical (unpaired) electrons. The number of hydrogen-bond acceptors (Lipinski definition) is 9. The molecule has 35 heavy (non-hydrogen) atoms. The maximum atomic E-state index is 13.4. The van der Waals surface area contributed by atoms with Crippen molar-refractivity contribution < 1.29 is 28.5 Å². The molecule has 2 amide bonds. The molecule has 3 aliphatic heterocycles. The molecule has 186 valence electrons. The van der Waals surface area contributed by atoms with E-state index in [2.05, 4.69) is 20.2 Å². The smallest absolute Gasteiger partial charge is 0.357 e. The predicted molar refractivity (Wildman–Crippen MR) is 127 cm³/mol. The van der Waals surface area contributed by atoms with Crippen LogP contribution in [0.2, 0.25) is 0 Å². The fourth-order valence-corrected chi connectivity index (χ4v) is 4.68. The van der Waals surface area contributed by atoms with Crippen molar-refractivity contribution in [3.05, 3.63) is 35.7 Å². The Labute approximate surface area is 203 Å². The van der Waals surface area contributed by atoms with Crippen LogP contribution in [-0.2, 0) is 14.2 Å². The van der Waals surface area contributed by atoms with Crippen molar-refractivity contribution >= 4 is 29.3 Å². The Morgan fingerprint density at radius 2 is 2.14 bits per heavy atom. The lowest BCUT2D eigenvalue weighted by molar-refractivity contribution is -0.141. The number of urea groups is 1. The fraction of sp³-hybridized carbons (Fsp3) is 0.500. The molecule has 0 unspecified atom stereocenters. The summed E-state index contributed by atoms with van der Waals surface area (Å²) in [6.45, 7) is 7.82. The second kappa shape index (κ2) is 8.97. The number of fused-ring (bicyclic) bond motifs is 4. The van der Waals surface area contributed by atoms with Gasteiger partial charge in [0.25, 0.3) is 0 Å². The second-order valence-electron chi connectivity index (χ2n) is 9.32. The van der Waals surface area contributed by atoms with Crippen LogP contribution >= 0.6 is 0 Å². The lowest BCUT2D eigenvalue weighted by Crippen LogP contribution is -2.48. The van der Waals surface area contributed by atoms with Gasteiger partial charge >= 0.3 is 12.0 Å². The molecule has 2 aromatic rings. The third-order valence-corrected chi connectivity index (χ3v) is 6.34. The SMILES string of the molecule is COC(=O)c1nc2c(cc1C)N1CC[C@@H](C1)N2C(=O)Nc1cc(OC[C@H]2COC(C)(C)O2)ccn1. The summed E-state index contributed by atoms with van der Waals surface area (Å²) in [6.07, 6.45) is 2.19. The number of nitrogens with one attached hydrogen (secondary N) is 1. The van der Waals surface area contributed by atoms with Crippen LogP contribution in [0.4, 0.5) is 22.1 Å². The van der Waals surface area contributed by atoms with E-state index in [0.717, 1.165) is 18.7 Å². The minimum atomic E-state index is -0.619. The number of aryl methyl sites for hydroxylation is 1. The van der Waals surface area contributed by atoms with E-state index in [4.69, 9.17) is 18.9 Å². The molecule has 5 heterocycles. The minimum absolute atomic E-state index is 0.0643. The Morgan fingerprint density at radius 3 is 2.89 bits per heavy atom. The van der Waals surface area contributed by atoms with Crippen LogP contribution in [0.1, 0.15) is 36.3 Å². The van der Waals surface area contributed by atoms with Gasteiger partial charge in [-0.2, -0.15) is 0 Å². The van der Waals surface area contributed by atoms with Gasteiger partial charge < -0.3 is 23.8 Å². The number of rotatable bonds is 5. The molecular weight excluding hydrogens is 454 g/mol. The lowest BCUT2D eigenvalue weighted by Gasteiger charge is -2.36. The van der Waals surface area contributed by atoms with Crippen LogP contribution in [0.3, 0.4) is 0 Å². The summed E-state index contributed by atoms with van der Waals surface area (Å²) in [7, 11) is 1.31. The van der Waals surface area contributed by atoms with Crippen molar-refractivity contribution in [2.45, 2.75) is 45.1 Å². The molecular formula is C24H29N5O6. The van der Waals surface area contributed by atoms with Crippen molar-refractivity contribution in [1.29, 1.82) is 0 Å². The average molecular weight is 484 g/mol. The number of esters is 1. The Kier molecular flexibility index (Phi) is 5.97. The third-order valence-electron chi connectivity index (χ3n) is 6.34. The maximum absolute atomic E-state index is 13.4. The second-order valence-corrected chi connectivity index (χ2v) is 9.32. The standard InChI is InChI=1S/C24H29N5O6/c1-14-9-18-21(27-20(14)22(30)32-4)29(15-6-8-28(18)11-15)23(31)26-19-10-16(5-7-25-19)33-12-17-13-34-24(2,3)35-17/h5,7,9-10,15,17H,6,8,11-13H2,1-4H3,(H,25,26,31)/t15-,17-/m0/s1. The van der Waals surface area contributed by atoms with Crippen molar-refractivity contribution in [3.8, 4) is 5.75 Å². The Morgan fingerprint density at radius 1 is 1.31 bits per heavy atom. The molecule has 11 nitrogen and oxygen atoms in total. The Hall–Kier alpha value is -3.44. The molecule has 11 heteroatoms. The number of ether oxygens (including phenoxy) is 4. The van der Waals surface area contributed by atoms with E-state index in [-0.39, 0.29) is 23.9 Å². The molecule has 2 saturated heterocycles. The predicted octanol–water partition coefficient (Wildman–Crippen LogP) is 2.73. The van der Waals surface area contributed by atoms with Crippen molar-refractivity contribution in [2.75, 3.05) is 48.5 Å². The summed E-state index contributed by atoms with van der Waals surface area (Å²) < 4.78 is 22.0. The summed E-state index contributed by atoms with van der Waals surface area (Å²) in [5.41, 5.74) is 1.72. The van der Waals surface area contributed by atoms with Crippen molar-refractivity contribution in [2.24, 2.45) is 0 Å². The first kappa shape index (κ1) is 23.3. The zero-order valence-electron chi connectivity index (χ0n) is 20.2. The number of carbonyl (C=O) groups is 2. The number of hydrogen-bond donors (Lipinski definition) is 1. The highest BCUT2D eigenvalue weighted by molar-refractivity contribution is 6.05. The number of methoxy groups -OCH3 is 1. The Bertz CT molecular complexity index is 1160. The highest BCUT2D eigenvalue weighted by Gasteiger charge is 2.41. The van der Waals surface area contributed by atoms with Gasteiger partial charge in [0.1, 0.15) is 24.3 Å². The minimum Gasteiger partial charge on any atom is -0.491 e. The Balaban J connectivity index is 1.33. The normalized spacial score (nSPS) is 22.1. The number of nitrogens with zero attached hydrogens (tertiary/aromatic N) is 4. The first-order valence-corrected chi connectivity index (χ1v) is 11.6. The van der Waals surface area contributed by atoms with Gasteiger partial charge in [-0.15, -0.1) is 0 Å². The summed E-state index contributed by atoms with van der Waals surface area (Å²) in [5.74, 6) is 0.183. The molecule has 5 rings (SSSR count). The summed E-state index contributed by atoms with van der Waals surface area (Å²) >= 11 is 0. The van der Waals surface area contributed by atoms with Crippen LogP contribution in [0, 0.1) is 6.92 Å². The number of carbonyl (C=O) groups excluding carboxylic acids is 2. The van der Waals surface area contributed by atoms with Crippen LogP contribution in [0.15, 0.2) is 24.4 Å². The average Bonchev–Trinajstić information content (AvgIpc) is 3.41. The summed E-state index contributed by atoms with van der Waals surface area (Å²) in [5, 5.41) is 2.86. The quantitative estimate of drug-likeness (QED) is 0.641. The summed E-state index contributed by atoms with van der Waals surface area (Å²) in [4.78, 5) is 38.3. The highest BCUT2D eigenvalue weighted by Crippen LogP contribution is 2.40. The van der Waals surface area contributed by atoms with E-state index in [1.54, 1.807) is 23.2 Å². The molecule has 0 saturated carbocycles. The van der Waals surface area contributed by atoms with Gasteiger partial charge in [0.2, 0.25) is 0 Å². The van der Waals surface area contributed by atoms with E-state index in [0.29, 0.717) is 42.7 Å². The van der Waals surface area contributed by atoms with Crippen molar-refractivity contribution in [1.82, 2.24) is 9.97 Å². The van der Waals surface area contributed by atoms with Crippen LogP contribution < -0.4 is 19.9 Å². The molecule has 3 aliphatic rings. The van der Waals surface area contributed by atoms with E-state index < -0.39 is 11.8 Å². The molecule has 2 aromatic heterocycles. The van der Waals surface area contributed by atoms with Crippen LogP contribution in [-0.4, -0.2) is 73.3 Å².